The molecule has 0 fully saturated rings. The smallest absolute Gasteiger partial charge is 0.251 e. The van der Waals surface area contributed by atoms with E-state index in [1.807, 2.05) is 49.8 Å². The Morgan fingerprint density at radius 3 is 2.65 bits per heavy atom. The summed E-state index contributed by atoms with van der Waals surface area (Å²) in [5.41, 5.74) is 5.07. The number of carbonyl (C=O) groups excluding carboxylic acids is 1. The number of aromatic nitrogens is 2. The molecule has 1 heterocycles. The highest BCUT2D eigenvalue weighted by Gasteiger charge is 2.10. The molecule has 1 N–H and O–H groups in total. The van der Waals surface area contributed by atoms with Crippen LogP contribution in [0.15, 0.2) is 24.4 Å². The van der Waals surface area contributed by atoms with Crippen molar-refractivity contribution in [2.45, 2.75) is 40.8 Å². The molecule has 1 aromatic carbocycles. The molecule has 4 heteroatoms. The van der Waals surface area contributed by atoms with Crippen LogP contribution in [0.2, 0.25) is 0 Å². The van der Waals surface area contributed by atoms with Gasteiger partial charge in [0.2, 0.25) is 0 Å². The third-order valence-electron chi connectivity index (χ3n) is 3.57. The van der Waals surface area contributed by atoms with Gasteiger partial charge in [-0.05, 0) is 39.3 Å². The number of benzene rings is 1. The number of nitrogens with one attached hydrogen (secondary N) is 1. The van der Waals surface area contributed by atoms with Crippen molar-refractivity contribution in [2.75, 3.05) is 0 Å². The fourth-order valence-corrected chi connectivity index (χ4v) is 2.32. The molecule has 0 spiro atoms. The maximum absolute atomic E-state index is 12.2. The molecule has 0 saturated heterocycles. The highest BCUT2D eigenvalue weighted by molar-refractivity contribution is 5.95. The molecule has 2 rings (SSSR count). The Kier molecular flexibility index (Phi) is 4.23. The molecular formula is C16H21N3O. The lowest BCUT2D eigenvalue weighted by atomic mass is 10.1. The topological polar surface area (TPSA) is 46.9 Å². The number of rotatable bonds is 4. The van der Waals surface area contributed by atoms with E-state index in [-0.39, 0.29) is 5.91 Å². The van der Waals surface area contributed by atoms with Crippen LogP contribution in [0.4, 0.5) is 0 Å². The van der Waals surface area contributed by atoms with Gasteiger partial charge in [-0.15, -0.1) is 0 Å². The van der Waals surface area contributed by atoms with Gasteiger partial charge in [0.05, 0.1) is 6.20 Å². The van der Waals surface area contributed by atoms with Crippen LogP contribution < -0.4 is 5.32 Å². The van der Waals surface area contributed by atoms with E-state index in [1.54, 1.807) is 0 Å². The molecule has 0 radical (unpaired) electrons. The third kappa shape index (κ3) is 2.90. The van der Waals surface area contributed by atoms with Crippen molar-refractivity contribution in [1.29, 1.82) is 0 Å². The van der Waals surface area contributed by atoms with Crippen molar-refractivity contribution >= 4 is 5.91 Å². The van der Waals surface area contributed by atoms with E-state index in [0.29, 0.717) is 6.54 Å². The highest BCUT2D eigenvalue weighted by atomic mass is 16.1. The van der Waals surface area contributed by atoms with Gasteiger partial charge in [-0.2, -0.15) is 5.10 Å². The number of carbonyl (C=O) groups is 1. The van der Waals surface area contributed by atoms with E-state index in [1.165, 1.54) is 5.56 Å². The predicted octanol–water partition coefficient (Wildman–Crippen LogP) is 2.76. The average molecular weight is 271 g/mol. The Morgan fingerprint density at radius 1 is 1.30 bits per heavy atom. The zero-order chi connectivity index (χ0) is 14.7. The van der Waals surface area contributed by atoms with Gasteiger partial charge >= 0.3 is 0 Å². The SMILES string of the molecule is CCn1ncc(CNC(=O)c2ccc(C)cc2C)c1C. The van der Waals surface area contributed by atoms with Crippen molar-refractivity contribution < 1.29 is 4.79 Å². The molecule has 4 nitrogen and oxygen atoms in total. The molecule has 1 aromatic heterocycles. The second-order valence-corrected chi connectivity index (χ2v) is 5.07. The van der Waals surface area contributed by atoms with Crippen molar-refractivity contribution in [3.8, 4) is 0 Å². The monoisotopic (exact) mass is 271 g/mol. The summed E-state index contributed by atoms with van der Waals surface area (Å²) in [5.74, 6) is -0.0360. The van der Waals surface area contributed by atoms with Crippen LogP contribution in [0.1, 0.15) is 39.7 Å². The number of amides is 1. The summed E-state index contributed by atoms with van der Waals surface area (Å²) in [7, 11) is 0. The first-order valence-corrected chi connectivity index (χ1v) is 6.89. The van der Waals surface area contributed by atoms with Gasteiger partial charge in [-0.25, -0.2) is 0 Å². The van der Waals surface area contributed by atoms with Crippen LogP contribution in [0.5, 0.6) is 0 Å². The quantitative estimate of drug-likeness (QED) is 0.929. The first-order chi connectivity index (χ1) is 9.52. The Labute approximate surface area is 119 Å². The van der Waals surface area contributed by atoms with Gasteiger partial charge in [-0.1, -0.05) is 17.7 Å². The largest absolute Gasteiger partial charge is 0.348 e. The van der Waals surface area contributed by atoms with Crippen molar-refractivity contribution in [3.63, 3.8) is 0 Å². The second-order valence-electron chi connectivity index (χ2n) is 5.07. The highest BCUT2D eigenvalue weighted by Crippen LogP contribution is 2.11. The minimum Gasteiger partial charge on any atom is -0.348 e. The van der Waals surface area contributed by atoms with E-state index in [9.17, 15) is 4.79 Å². The van der Waals surface area contributed by atoms with Crippen molar-refractivity contribution in [3.05, 3.63) is 52.3 Å². The standard InChI is InChI=1S/C16H21N3O/c1-5-19-13(4)14(10-18-19)9-17-16(20)15-7-6-11(2)8-12(15)3/h6-8,10H,5,9H2,1-4H3,(H,17,20). The summed E-state index contributed by atoms with van der Waals surface area (Å²) < 4.78 is 1.93. The third-order valence-corrected chi connectivity index (χ3v) is 3.57. The fraction of sp³-hybridized carbons (Fsp3) is 0.375. The molecule has 0 saturated carbocycles. The Hall–Kier alpha value is -2.10. The molecule has 20 heavy (non-hydrogen) atoms. The zero-order valence-corrected chi connectivity index (χ0v) is 12.5. The number of hydrogen-bond donors (Lipinski definition) is 1. The van der Waals surface area contributed by atoms with Gasteiger partial charge in [0.25, 0.3) is 5.91 Å². The van der Waals surface area contributed by atoms with Crippen LogP contribution in [-0.2, 0) is 13.1 Å². The molecular weight excluding hydrogens is 250 g/mol. The summed E-state index contributed by atoms with van der Waals surface area (Å²) in [6.45, 7) is 9.42. The summed E-state index contributed by atoms with van der Waals surface area (Å²) in [5, 5.41) is 7.24. The lowest BCUT2D eigenvalue weighted by Crippen LogP contribution is -2.23. The summed E-state index contributed by atoms with van der Waals surface area (Å²) in [4.78, 5) is 12.2. The zero-order valence-electron chi connectivity index (χ0n) is 12.5. The molecule has 106 valence electrons. The van der Waals surface area contributed by atoms with E-state index >= 15 is 0 Å². The second kappa shape index (κ2) is 5.90. The molecule has 1 amide bonds. The molecule has 0 aliphatic heterocycles. The molecule has 0 unspecified atom stereocenters. The van der Waals surface area contributed by atoms with E-state index in [0.717, 1.165) is 28.9 Å². The van der Waals surface area contributed by atoms with Gasteiger partial charge < -0.3 is 5.32 Å². The summed E-state index contributed by atoms with van der Waals surface area (Å²) >= 11 is 0. The Bertz CT molecular complexity index is 629. The predicted molar refractivity (Wildman–Crippen MR) is 79.7 cm³/mol. The van der Waals surface area contributed by atoms with Gasteiger partial charge in [-0.3, -0.25) is 9.48 Å². The molecule has 0 atom stereocenters. The van der Waals surface area contributed by atoms with Gasteiger partial charge in [0.15, 0.2) is 0 Å². The minimum absolute atomic E-state index is 0.0360. The van der Waals surface area contributed by atoms with E-state index in [2.05, 4.69) is 17.3 Å². The molecule has 0 aliphatic carbocycles. The average Bonchev–Trinajstić information content (AvgIpc) is 2.76. The van der Waals surface area contributed by atoms with Crippen LogP contribution in [-0.4, -0.2) is 15.7 Å². The lowest BCUT2D eigenvalue weighted by molar-refractivity contribution is 0.0950. The van der Waals surface area contributed by atoms with Crippen molar-refractivity contribution in [1.82, 2.24) is 15.1 Å². The molecule has 0 aliphatic rings. The molecule has 0 bridgehead atoms. The fourth-order valence-electron chi connectivity index (χ4n) is 2.32. The minimum atomic E-state index is -0.0360. The molecule has 2 aromatic rings. The van der Waals surface area contributed by atoms with Gasteiger partial charge in [0.1, 0.15) is 0 Å². The Morgan fingerprint density at radius 2 is 2.05 bits per heavy atom. The maximum Gasteiger partial charge on any atom is 0.251 e. The first-order valence-electron chi connectivity index (χ1n) is 6.89. The van der Waals surface area contributed by atoms with E-state index < -0.39 is 0 Å². The van der Waals surface area contributed by atoms with Crippen LogP contribution in [0, 0.1) is 20.8 Å². The number of hydrogen-bond acceptors (Lipinski definition) is 2. The van der Waals surface area contributed by atoms with Gasteiger partial charge in [0, 0.05) is 29.9 Å². The summed E-state index contributed by atoms with van der Waals surface area (Å²) in [6, 6.07) is 5.86. The van der Waals surface area contributed by atoms with Crippen LogP contribution in [0.25, 0.3) is 0 Å². The first kappa shape index (κ1) is 14.3. The summed E-state index contributed by atoms with van der Waals surface area (Å²) in [6.07, 6.45) is 1.82. The normalized spacial score (nSPS) is 10.6. The lowest BCUT2D eigenvalue weighted by Gasteiger charge is -2.08. The maximum atomic E-state index is 12.2. The Balaban J connectivity index is 2.06. The van der Waals surface area contributed by atoms with Crippen LogP contribution in [0.3, 0.4) is 0 Å². The number of aryl methyl sites for hydroxylation is 3. The van der Waals surface area contributed by atoms with Crippen LogP contribution >= 0.6 is 0 Å². The number of nitrogens with zero attached hydrogens (tertiary/aromatic N) is 2. The van der Waals surface area contributed by atoms with Crippen molar-refractivity contribution in [2.24, 2.45) is 0 Å². The van der Waals surface area contributed by atoms with E-state index in [4.69, 9.17) is 0 Å².